The monoisotopic (exact) mass is 146 g/mol. The Labute approximate surface area is 63.7 Å². The van der Waals surface area contributed by atoms with Crippen molar-refractivity contribution in [3.8, 4) is 5.75 Å². The highest BCUT2D eigenvalue weighted by molar-refractivity contribution is 5.85. The Balaban J connectivity index is 2.91. The first-order valence-corrected chi connectivity index (χ1v) is 3.33. The normalized spacial score (nSPS) is 10.2. The molecule has 1 aromatic carbocycles. The summed E-state index contributed by atoms with van der Waals surface area (Å²) in [6.07, 6.45) is 2.78. The molecular weight excluding hydrogens is 140 g/mol. The Kier molecular flexibility index (Phi) is 1.25. The summed E-state index contributed by atoms with van der Waals surface area (Å²) in [4.78, 5) is 0. The van der Waals surface area contributed by atoms with Gasteiger partial charge in [0.05, 0.1) is 5.39 Å². The van der Waals surface area contributed by atoms with Crippen molar-refractivity contribution in [1.82, 2.24) is 0 Å². The molecule has 54 valence electrons. The SMILES string of the molecule is [O-]c1c[o+]cc2ccccc12. The molecule has 2 heteroatoms. The van der Waals surface area contributed by atoms with Crippen molar-refractivity contribution in [3.05, 3.63) is 36.8 Å². The van der Waals surface area contributed by atoms with E-state index in [2.05, 4.69) is 0 Å². The molecule has 0 unspecified atom stereocenters. The lowest BCUT2D eigenvalue weighted by Gasteiger charge is -2.00. The van der Waals surface area contributed by atoms with E-state index in [0.717, 1.165) is 5.39 Å². The van der Waals surface area contributed by atoms with Gasteiger partial charge in [0.15, 0.2) is 0 Å². The number of hydrogen-bond donors (Lipinski definition) is 0. The van der Waals surface area contributed by atoms with Crippen molar-refractivity contribution in [1.29, 1.82) is 0 Å². The van der Waals surface area contributed by atoms with Crippen LogP contribution in [0.3, 0.4) is 0 Å². The molecule has 0 radical (unpaired) electrons. The molecule has 11 heavy (non-hydrogen) atoms. The van der Waals surface area contributed by atoms with Crippen LogP contribution in [0, 0.1) is 0 Å². The second-order valence-corrected chi connectivity index (χ2v) is 2.32. The average Bonchev–Trinajstić information content (AvgIpc) is 2.06. The standard InChI is InChI=1S/C9H6O2/c10-9-6-11-5-7-3-1-2-4-8(7)9/h1-6H. The topological polar surface area (TPSA) is 34.4 Å². The van der Waals surface area contributed by atoms with E-state index in [9.17, 15) is 5.11 Å². The summed E-state index contributed by atoms with van der Waals surface area (Å²) in [5.41, 5.74) is 0. The van der Waals surface area contributed by atoms with Gasteiger partial charge in [0, 0.05) is 0 Å². The zero-order valence-corrected chi connectivity index (χ0v) is 5.78. The maximum absolute atomic E-state index is 11.1. The largest absolute Gasteiger partial charge is 0.866 e. The maximum Gasteiger partial charge on any atom is 0.325 e. The van der Waals surface area contributed by atoms with Gasteiger partial charge >= 0.3 is 12.5 Å². The van der Waals surface area contributed by atoms with Crippen LogP contribution in [0.2, 0.25) is 0 Å². The molecule has 0 aliphatic rings. The van der Waals surface area contributed by atoms with Crippen LogP contribution in [0.5, 0.6) is 5.75 Å². The van der Waals surface area contributed by atoms with Crippen molar-refractivity contribution in [3.63, 3.8) is 0 Å². The van der Waals surface area contributed by atoms with Gasteiger partial charge in [0.25, 0.3) is 0 Å². The van der Waals surface area contributed by atoms with E-state index in [4.69, 9.17) is 4.42 Å². The molecule has 0 amide bonds. The fourth-order valence-corrected chi connectivity index (χ4v) is 1.06. The summed E-state index contributed by atoms with van der Waals surface area (Å²) in [5.74, 6) is -0.0666. The zero-order chi connectivity index (χ0) is 7.68. The van der Waals surface area contributed by atoms with Crippen molar-refractivity contribution in [2.45, 2.75) is 0 Å². The molecule has 2 rings (SSSR count). The highest BCUT2D eigenvalue weighted by Gasteiger charge is 1.97. The van der Waals surface area contributed by atoms with Crippen LogP contribution in [0.25, 0.3) is 10.8 Å². The quantitative estimate of drug-likeness (QED) is 0.531. The zero-order valence-electron chi connectivity index (χ0n) is 5.78. The fraction of sp³-hybridized carbons (Fsp3) is 0. The molecule has 0 saturated carbocycles. The molecule has 0 aliphatic heterocycles. The molecule has 0 atom stereocenters. The van der Waals surface area contributed by atoms with Gasteiger partial charge in [-0.25, -0.2) is 4.42 Å². The maximum atomic E-state index is 11.1. The van der Waals surface area contributed by atoms with Crippen molar-refractivity contribution in [2.75, 3.05) is 0 Å². The Morgan fingerprint density at radius 2 is 1.91 bits per heavy atom. The third-order valence-electron chi connectivity index (χ3n) is 1.60. The summed E-state index contributed by atoms with van der Waals surface area (Å²) in [6, 6.07) is 7.34. The third-order valence-corrected chi connectivity index (χ3v) is 1.60. The van der Waals surface area contributed by atoms with E-state index < -0.39 is 0 Å². The van der Waals surface area contributed by atoms with Gasteiger partial charge in [-0.1, -0.05) is 18.2 Å². The summed E-state index contributed by atoms with van der Waals surface area (Å²) >= 11 is 0. The predicted octanol–water partition coefficient (Wildman–Crippen LogP) is 1.79. The minimum absolute atomic E-state index is 0.0666. The minimum atomic E-state index is -0.0666. The number of hydrogen-bond acceptors (Lipinski definition) is 1. The molecule has 0 aliphatic carbocycles. The summed E-state index contributed by atoms with van der Waals surface area (Å²) < 4.78 is 4.81. The molecule has 2 nitrogen and oxygen atoms in total. The molecule has 0 N–H and O–H groups in total. The van der Waals surface area contributed by atoms with Crippen LogP contribution in [0.1, 0.15) is 0 Å². The fourth-order valence-electron chi connectivity index (χ4n) is 1.06. The van der Waals surface area contributed by atoms with Gasteiger partial charge in [0.2, 0.25) is 0 Å². The van der Waals surface area contributed by atoms with E-state index in [0.29, 0.717) is 5.39 Å². The number of rotatable bonds is 0. The highest BCUT2D eigenvalue weighted by Crippen LogP contribution is 2.20. The lowest BCUT2D eigenvalue weighted by molar-refractivity contribution is -0.267. The van der Waals surface area contributed by atoms with Gasteiger partial charge in [-0.3, -0.25) is 0 Å². The van der Waals surface area contributed by atoms with E-state index >= 15 is 0 Å². The smallest absolute Gasteiger partial charge is 0.325 e. The van der Waals surface area contributed by atoms with Crippen LogP contribution in [-0.4, -0.2) is 0 Å². The predicted molar refractivity (Wildman–Crippen MR) is 40.1 cm³/mol. The summed E-state index contributed by atoms with van der Waals surface area (Å²) in [6.45, 7) is 0. The lowest BCUT2D eigenvalue weighted by Crippen LogP contribution is -1.89. The molecule has 0 saturated heterocycles. The van der Waals surface area contributed by atoms with Crippen molar-refractivity contribution in [2.24, 2.45) is 0 Å². The molecule has 0 bridgehead atoms. The second-order valence-electron chi connectivity index (χ2n) is 2.32. The molecule has 1 aromatic heterocycles. The molecule has 2 aromatic rings. The Bertz CT molecular complexity index is 377. The van der Waals surface area contributed by atoms with E-state index in [1.165, 1.54) is 6.26 Å². The van der Waals surface area contributed by atoms with Crippen LogP contribution < -0.4 is 5.11 Å². The first kappa shape index (κ1) is 6.16. The van der Waals surface area contributed by atoms with Gasteiger partial charge < -0.3 is 5.11 Å². The van der Waals surface area contributed by atoms with Crippen molar-refractivity contribution < 1.29 is 9.52 Å². The Hall–Kier alpha value is -1.57. The molecule has 0 spiro atoms. The summed E-state index contributed by atoms with van der Waals surface area (Å²) in [7, 11) is 0. The molecule has 1 heterocycles. The number of benzene rings is 1. The third kappa shape index (κ3) is 0.923. The first-order valence-electron chi connectivity index (χ1n) is 3.33. The average molecular weight is 146 g/mol. The van der Waals surface area contributed by atoms with Crippen LogP contribution >= 0.6 is 0 Å². The van der Waals surface area contributed by atoms with Crippen LogP contribution in [0.4, 0.5) is 0 Å². The number of fused-ring (bicyclic) bond motifs is 1. The minimum Gasteiger partial charge on any atom is -0.866 e. The van der Waals surface area contributed by atoms with E-state index in [1.54, 1.807) is 12.3 Å². The molecular formula is C9H6O2. The molecule has 0 fully saturated rings. The van der Waals surface area contributed by atoms with Gasteiger partial charge in [-0.15, -0.1) is 0 Å². The highest BCUT2D eigenvalue weighted by atomic mass is 16.3. The van der Waals surface area contributed by atoms with Gasteiger partial charge in [-0.2, -0.15) is 0 Å². The second kappa shape index (κ2) is 2.23. The Morgan fingerprint density at radius 1 is 1.09 bits per heavy atom. The first-order chi connectivity index (χ1) is 5.38. The lowest BCUT2D eigenvalue weighted by atomic mass is 10.2. The van der Waals surface area contributed by atoms with Gasteiger partial charge in [0.1, 0.15) is 0 Å². The van der Waals surface area contributed by atoms with E-state index in [1.807, 2.05) is 18.2 Å². The van der Waals surface area contributed by atoms with Gasteiger partial charge in [-0.05, 0) is 17.2 Å². The van der Waals surface area contributed by atoms with Crippen molar-refractivity contribution >= 4 is 10.8 Å². The van der Waals surface area contributed by atoms with Crippen LogP contribution in [-0.2, 0) is 0 Å². The van der Waals surface area contributed by atoms with Crippen LogP contribution in [0.15, 0.2) is 41.2 Å². The Morgan fingerprint density at radius 3 is 2.73 bits per heavy atom. The summed E-state index contributed by atoms with van der Waals surface area (Å²) in [5, 5.41) is 12.6. The van der Waals surface area contributed by atoms with E-state index in [-0.39, 0.29) is 5.75 Å².